The maximum atomic E-state index is 13.0. The summed E-state index contributed by atoms with van der Waals surface area (Å²) < 4.78 is 1.90. The lowest BCUT2D eigenvalue weighted by molar-refractivity contribution is -0.141. The Morgan fingerprint density at radius 2 is 2.00 bits per heavy atom. The van der Waals surface area contributed by atoms with Crippen molar-refractivity contribution >= 4 is 17.4 Å². The maximum Gasteiger partial charge on any atom is 0.326 e. The number of carbonyl (C=O) groups excluding carboxylic acids is 1. The van der Waals surface area contributed by atoms with Crippen molar-refractivity contribution in [1.29, 1.82) is 0 Å². The number of carboxylic acids is 1. The lowest BCUT2D eigenvalue weighted by Gasteiger charge is -2.32. The van der Waals surface area contributed by atoms with Crippen molar-refractivity contribution in [2.24, 2.45) is 5.92 Å². The number of aliphatic carboxylic acids is 1. The number of likely N-dealkylation sites (tertiary alicyclic amines) is 1. The number of hydrogen-bond acceptors (Lipinski definition) is 2. The van der Waals surface area contributed by atoms with E-state index in [1.54, 1.807) is 11.1 Å². The number of hydrogen-bond donors (Lipinski definition) is 1. The van der Waals surface area contributed by atoms with Crippen LogP contribution in [0.2, 0.25) is 0 Å². The van der Waals surface area contributed by atoms with Crippen molar-refractivity contribution in [2.75, 3.05) is 0 Å². The second kappa shape index (κ2) is 5.41. The van der Waals surface area contributed by atoms with Crippen LogP contribution in [0.1, 0.15) is 42.5 Å². The topological polar surface area (TPSA) is 62.0 Å². The molecule has 4 rings (SSSR count). The zero-order valence-electron chi connectivity index (χ0n) is 12.9. The zero-order valence-corrected chi connectivity index (χ0v) is 12.9. The van der Waals surface area contributed by atoms with E-state index in [0.717, 1.165) is 31.2 Å². The third-order valence-corrected chi connectivity index (χ3v) is 5.36. The number of nitrogens with zero attached hydrogens (tertiary/aromatic N) is 2. The molecule has 5 nitrogen and oxygen atoms in total. The van der Waals surface area contributed by atoms with Crippen LogP contribution >= 0.6 is 0 Å². The summed E-state index contributed by atoms with van der Waals surface area (Å²) in [5.74, 6) is -0.683. The summed E-state index contributed by atoms with van der Waals surface area (Å²) in [5, 5.41) is 9.57. The normalized spacial score (nSPS) is 27.1. The van der Waals surface area contributed by atoms with Gasteiger partial charge in [-0.1, -0.05) is 18.9 Å². The van der Waals surface area contributed by atoms with Crippen LogP contribution in [0, 0.1) is 5.92 Å². The van der Waals surface area contributed by atoms with Crippen LogP contribution in [-0.2, 0) is 4.79 Å². The molecule has 1 saturated heterocycles. The monoisotopic (exact) mass is 312 g/mol. The van der Waals surface area contributed by atoms with Crippen molar-refractivity contribution < 1.29 is 14.7 Å². The van der Waals surface area contributed by atoms with Gasteiger partial charge in [0.05, 0.1) is 5.56 Å². The lowest BCUT2D eigenvalue weighted by atomic mass is 9.84. The molecule has 1 N–H and O–H groups in total. The van der Waals surface area contributed by atoms with E-state index in [0.29, 0.717) is 17.9 Å². The number of carbonyl (C=O) groups is 2. The molecule has 2 aliphatic rings. The highest BCUT2D eigenvalue weighted by Gasteiger charge is 2.47. The molecule has 2 aromatic rings. The van der Waals surface area contributed by atoms with Gasteiger partial charge in [0.25, 0.3) is 5.91 Å². The van der Waals surface area contributed by atoms with Gasteiger partial charge in [-0.2, -0.15) is 0 Å². The van der Waals surface area contributed by atoms with E-state index >= 15 is 0 Å². The first-order valence-corrected chi connectivity index (χ1v) is 8.27. The Hall–Kier alpha value is -2.30. The van der Waals surface area contributed by atoms with Crippen molar-refractivity contribution in [2.45, 2.75) is 44.2 Å². The molecule has 1 amide bonds. The van der Waals surface area contributed by atoms with E-state index in [1.165, 1.54) is 0 Å². The first-order valence-electron chi connectivity index (χ1n) is 8.27. The molecule has 1 aliphatic carbocycles. The van der Waals surface area contributed by atoms with Crippen LogP contribution in [0.3, 0.4) is 0 Å². The van der Waals surface area contributed by atoms with E-state index in [4.69, 9.17) is 0 Å². The summed E-state index contributed by atoms with van der Waals surface area (Å²) in [7, 11) is 0. The third kappa shape index (κ3) is 2.31. The van der Waals surface area contributed by atoms with Crippen molar-refractivity contribution in [1.82, 2.24) is 9.30 Å². The van der Waals surface area contributed by atoms with Gasteiger partial charge < -0.3 is 14.4 Å². The summed E-state index contributed by atoms with van der Waals surface area (Å²) in [6, 6.07) is 7.03. The number of aromatic nitrogens is 1. The quantitative estimate of drug-likeness (QED) is 0.927. The van der Waals surface area contributed by atoms with Gasteiger partial charge in [0.15, 0.2) is 0 Å². The zero-order chi connectivity index (χ0) is 16.0. The average molecular weight is 312 g/mol. The fraction of sp³-hybridized carbons (Fsp3) is 0.444. The molecule has 0 radical (unpaired) electrons. The predicted molar refractivity (Wildman–Crippen MR) is 85.4 cm³/mol. The van der Waals surface area contributed by atoms with E-state index in [1.807, 2.05) is 34.9 Å². The summed E-state index contributed by atoms with van der Waals surface area (Å²) in [6.45, 7) is 0. The second-order valence-electron chi connectivity index (χ2n) is 6.68. The average Bonchev–Trinajstić information content (AvgIpc) is 3.15. The Kier molecular flexibility index (Phi) is 3.36. The molecule has 0 aromatic carbocycles. The van der Waals surface area contributed by atoms with E-state index < -0.39 is 12.0 Å². The lowest BCUT2D eigenvalue weighted by Crippen LogP contribution is -2.46. The Balaban J connectivity index is 1.70. The molecule has 2 aromatic heterocycles. The van der Waals surface area contributed by atoms with Gasteiger partial charge in [-0.3, -0.25) is 4.79 Å². The first-order chi connectivity index (χ1) is 11.1. The van der Waals surface area contributed by atoms with E-state index in [-0.39, 0.29) is 11.9 Å². The van der Waals surface area contributed by atoms with Crippen LogP contribution in [0.4, 0.5) is 0 Å². The second-order valence-corrected chi connectivity index (χ2v) is 6.68. The molecule has 0 spiro atoms. The predicted octanol–water partition coefficient (Wildman–Crippen LogP) is 2.80. The molecule has 23 heavy (non-hydrogen) atoms. The van der Waals surface area contributed by atoms with Crippen LogP contribution in [0.25, 0.3) is 5.52 Å². The number of pyridine rings is 1. The van der Waals surface area contributed by atoms with Gasteiger partial charge in [-0.05, 0) is 43.4 Å². The Bertz CT molecular complexity index is 733. The Morgan fingerprint density at radius 1 is 1.17 bits per heavy atom. The molecule has 3 unspecified atom stereocenters. The van der Waals surface area contributed by atoms with Crippen LogP contribution < -0.4 is 0 Å². The number of rotatable bonds is 2. The van der Waals surface area contributed by atoms with Crippen LogP contribution in [0.5, 0.6) is 0 Å². The highest BCUT2D eigenvalue weighted by Crippen LogP contribution is 2.40. The van der Waals surface area contributed by atoms with Gasteiger partial charge in [0.1, 0.15) is 6.04 Å². The molecule has 5 heteroatoms. The minimum Gasteiger partial charge on any atom is -0.480 e. The Morgan fingerprint density at radius 3 is 2.78 bits per heavy atom. The molecular weight excluding hydrogens is 292 g/mol. The third-order valence-electron chi connectivity index (χ3n) is 5.36. The van der Waals surface area contributed by atoms with Crippen LogP contribution in [-0.4, -0.2) is 38.4 Å². The molecule has 1 aliphatic heterocycles. The molecular formula is C18H20N2O3. The molecule has 120 valence electrons. The fourth-order valence-electron chi connectivity index (χ4n) is 4.29. The summed E-state index contributed by atoms with van der Waals surface area (Å²) in [6.07, 6.45) is 8.48. The molecule has 1 saturated carbocycles. The van der Waals surface area contributed by atoms with Crippen molar-refractivity contribution in [3.8, 4) is 0 Å². The van der Waals surface area contributed by atoms with Gasteiger partial charge in [0, 0.05) is 24.0 Å². The largest absolute Gasteiger partial charge is 0.480 e. The molecule has 3 atom stereocenters. The van der Waals surface area contributed by atoms with Gasteiger partial charge in [-0.25, -0.2) is 4.79 Å². The number of amides is 1. The summed E-state index contributed by atoms with van der Waals surface area (Å²) >= 11 is 0. The summed E-state index contributed by atoms with van der Waals surface area (Å²) in [4.78, 5) is 26.4. The maximum absolute atomic E-state index is 13.0. The Labute approximate surface area is 134 Å². The standard InChI is InChI=1S/C18H20N2O3/c21-17(13-9-14-6-3-4-8-19(14)11-13)20-15-7-2-1-5-12(15)10-16(20)18(22)23/h3-4,6,8-9,11-12,15-16H,1-2,5,7,10H2,(H,22,23). The van der Waals surface area contributed by atoms with Crippen molar-refractivity contribution in [3.05, 3.63) is 42.2 Å². The molecule has 3 heterocycles. The fourth-order valence-corrected chi connectivity index (χ4v) is 4.29. The molecule has 0 bridgehead atoms. The molecule has 2 fully saturated rings. The number of carboxylic acid groups (broad SMARTS) is 1. The summed E-state index contributed by atoms with van der Waals surface area (Å²) in [5.41, 5.74) is 1.52. The first kappa shape index (κ1) is 14.3. The van der Waals surface area contributed by atoms with Crippen LogP contribution in [0.15, 0.2) is 36.7 Å². The minimum atomic E-state index is -0.878. The number of fused-ring (bicyclic) bond motifs is 2. The van der Waals surface area contributed by atoms with E-state index in [9.17, 15) is 14.7 Å². The van der Waals surface area contributed by atoms with Gasteiger partial charge >= 0.3 is 5.97 Å². The van der Waals surface area contributed by atoms with Gasteiger partial charge in [0.2, 0.25) is 0 Å². The SMILES string of the molecule is O=C(O)C1CC2CCCCC2N1C(=O)c1cc2ccccn2c1. The smallest absolute Gasteiger partial charge is 0.326 e. The van der Waals surface area contributed by atoms with Gasteiger partial charge in [-0.15, -0.1) is 0 Å². The highest BCUT2D eigenvalue weighted by atomic mass is 16.4. The minimum absolute atomic E-state index is 0.0837. The van der Waals surface area contributed by atoms with E-state index in [2.05, 4.69) is 0 Å². The van der Waals surface area contributed by atoms with Crippen molar-refractivity contribution in [3.63, 3.8) is 0 Å². The highest BCUT2D eigenvalue weighted by molar-refractivity contribution is 5.98.